The molecule has 3 heterocycles. The van der Waals surface area contributed by atoms with Crippen molar-refractivity contribution >= 4 is 17.3 Å². The molecule has 1 aliphatic heterocycles. The predicted molar refractivity (Wildman–Crippen MR) is 115 cm³/mol. The summed E-state index contributed by atoms with van der Waals surface area (Å²) >= 11 is 0. The molecule has 0 spiro atoms. The third kappa shape index (κ3) is 5.25. The first-order chi connectivity index (χ1) is 15.6. The van der Waals surface area contributed by atoms with E-state index in [-0.39, 0.29) is 37.0 Å². The molecule has 3 fully saturated rings. The summed E-state index contributed by atoms with van der Waals surface area (Å²) < 4.78 is 40.9. The summed E-state index contributed by atoms with van der Waals surface area (Å²) in [7, 11) is 0. The Hall–Kier alpha value is -2.78. The van der Waals surface area contributed by atoms with Crippen molar-refractivity contribution in [2.75, 3.05) is 19.6 Å². The van der Waals surface area contributed by atoms with Crippen molar-refractivity contribution in [3.63, 3.8) is 0 Å². The molecule has 2 saturated carbocycles. The molecule has 7 nitrogen and oxygen atoms in total. The van der Waals surface area contributed by atoms with Gasteiger partial charge in [0.2, 0.25) is 5.91 Å². The molecule has 0 aromatic carbocycles. The Morgan fingerprint density at radius 3 is 2.39 bits per heavy atom. The zero-order chi connectivity index (χ0) is 23.8. The van der Waals surface area contributed by atoms with Gasteiger partial charge in [-0.05, 0) is 42.4 Å². The first kappa shape index (κ1) is 23.4. The first-order valence-corrected chi connectivity index (χ1v) is 11.5. The second kappa shape index (κ2) is 9.23. The molecule has 2 aromatic rings. The Morgan fingerprint density at radius 1 is 1.15 bits per heavy atom. The molecule has 2 aromatic heterocycles. The lowest BCUT2D eigenvalue weighted by atomic mass is 9.91. The van der Waals surface area contributed by atoms with Gasteiger partial charge in [0.1, 0.15) is 11.2 Å². The van der Waals surface area contributed by atoms with Gasteiger partial charge >= 0.3 is 6.18 Å². The molecule has 3 aliphatic rings. The molecule has 0 atom stereocenters. The van der Waals surface area contributed by atoms with E-state index in [1.54, 1.807) is 0 Å². The van der Waals surface area contributed by atoms with Gasteiger partial charge in [-0.2, -0.15) is 18.3 Å². The number of piperazine rings is 1. The fourth-order valence-electron chi connectivity index (χ4n) is 4.42. The minimum Gasteiger partial charge on any atom is -0.504 e. The molecule has 33 heavy (non-hydrogen) atoms. The minimum absolute atomic E-state index is 0.0281. The number of pyridine rings is 1. The fraction of sp³-hybridized carbons (Fsp3) is 0.609. The Labute approximate surface area is 189 Å². The largest absolute Gasteiger partial charge is 0.504 e. The van der Waals surface area contributed by atoms with Gasteiger partial charge in [0.15, 0.2) is 11.4 Å². The minimum atomic E-state index is -4.69. The van der Waals surface area contributed by atoms with Crippen LogP contribution in [0, 0.1) is 5.92 Å². The number of alkyl halides is 3. The summed E-state index contributed by atoms with van der Waals surface area (Å²) in [6.07, 6.45) is 4.33. The smallest absolute Gasteiger partial charge is 0.433 e. The summed E-state index contributed by atoms with van der Waals surface area (Å²) in [6.45, 7) is 2.56. The van der Waals surface area contributed by atoms with Crippen molar-refractivity contribution < 1.29 is 27.9 Å². The number of hydrogen-bond donors (Lipinski definition) is 2. The number of fused-ring (bicyclic) bond motifs is 1. The number of carbonyl (C=O) groups excluding carboxylic acids is 2. The van der Waals surface area contributed by atoms with Gasteiger partial charge in [0.25, 0.3) is 5.91 Å². The number of hydrogen-bond acceptors (Lipinski definition) is 4. The molecule has 180 valence electrons. The van der Waals surface area contributed by atoms with E-state index in [1.165, 1.54) is 38.2 Å². The van der Waals surface area contributed by atoms with E-state index in [2.05, 4.69) is 17.3 Å². The second-order valence-corrected chi connectivity index (χ2v) is 9.26. The number of carbonyl (C=O) groups is 2. The van der Waals surface area contributed by atoms with E-state index >= 15 is 0 Å². The van der Waals surface area contributed by atoms with Crippen molar-refractivity contribution in [1.82, 2.24) is 19.8 Å². The molecule has 1 saturated heterocycles. The Bertz CT molecular complexity index is 1040. The molecule has 10 heteroatoms. The van der Waals surface area contributed by atoms with Gasteiger partial charge < -0.3 is 15.3 Å². The van der Waals surface area contributed by atoms with Gasteiger partial charge in [-0.25, -0.2) is 4.52 Å². The SMILES string of the molecule is CC1CCCCC1.O=C1CN(C(=O)c2nn3c(C(F)(F)F)cc(C4CC4)cc3c2O)CCN1. The average Bonchev–Trinajstić information content (AvgIpc) is 3.57. The average molecular weight is 467 g/mol. The van der Waals surface area contributed by atoms with Crippen LogP contribution in [0.2, 0.25) is 0 Å². The van der Waals surface area contributed by atoms with Crippen LogP contribution < -0.4 is 5.32 Å². The van der Waals surface area contributed by atoms with Gasteiger partial charge in [0.05, 0.1) is 6.54 Å². The van der Waals surface area contributed by atoms with Crippen molar-refractivity contribution in [2.45, 2.75) is 64.0 Å². The monoisotopic (exact) mass is 466 g/mol. The van der Waals surface area contributed by atoms with Crippen LogP contribution in [0.15, 0.2) is 12.1 Å². The van der Waals surface area contributed by atoms with Crippen molar-refractivity contribution in [3.8, 4) is 5.75 Å². The summed E-state index contributed by atoms with van der Waals surface area (Å²) in [5.74, 6) is -0.690. The summed E-state index contributed by atoms with van der Waals surface area (Å²) in [5, 5.41) is 16.6. The number of amides is 2. The number of aromatic hydroxyl groups is 1. The van der Waals surface area contributed by atoms with Crippen molar-refractivity contribution in [3.05, 3.63) is 29.1 Å². The van der Waals surface area contributed by atoms with Gasteiger partial charge in [0, 0.05) is 13.1 Å². The maximum Gasteiger partial charge on any atom is 0.433 e. The quantitative estimate of drug-likeness (QED) is 0.698. The van der Waals surface area contributed by atoms with Gasteiger partial charge in [-0.15, -0.1) is 0 Å². The fourth-order valence-corrected chi connectivity index (χ4v) is 4.42. The molecular weight excluding hydrogens is 437 g/mol. The van der Waals surface area contributed by atoms with Crippen LogP contribution >= 0.6 is 0 Å². The number of halogens is 3. The molecule has 2 aliphatic carbocycles. The number of nitrogens with one attached hydrogen (secondary N) is 1. The number of nitrogens with zero attached hydrogens (tertiary/aromatic N) is 3. The van der Waals surface area contributed by atoms with E-state index < -0.39 is 29.2 Å². The highest BCUT2D eigenvalue weighted by Crippen LogP contribution is 2.43. The zero-order valence-electron chi connectivity index (χ0n) is 18.6. The lowest BCUT2D eigenvalue weighted by molar-refractivity contribution is -0.142. The van der Waals surface area contributed by atoms with Crippen LogP contribution in [0.25, 0.3) is 5.52 Å². The Morgan fingerprint density at radius 2 is 1.85 bits per heavy atom. The highest BCUT2D eigenvalue weighted by Gasteiger charge is 2.38. The third-order valence-electron chi connectivity index (χ3n) is 6.49. The highest BCUT2D eigenvalue weighted by atomic mass is 19.4. The Balaban J connectivity index is 0.000000318. The summed E-state index contributed by atoms with van der Waals surface area (Å²) in [5.41, 5.74) is -1.22. The summed E-state index contributed by atoms with van der Waals surface area (Å²) in [6, 6.07) is 2.45. The Kier molecular flexibility index (Phi) is 6.54. The zero-order valence-corrected chi connectivity index (χ0v) is 18.6. The molecule has 2 N–H and O–H groups in total. The standard InChI is InChI=1S/C16H15F3N4O3.C7H14/c17-16(18,19)11-6-9(8-1-2-8)5-10-14(25)13(21-23(10)11)15(26)22-4-3-20-12(24)7-22;1-7-5-3-2-4-6-7/h5-6,8,25H,1-4,7H2,(H,20,24);7H,2-6H2,1H3. The summed E-state index contributed by atoms with van der Waals surface area (Å²) in [4.78, 5) is 25.1. The van der Waals surface area contributed by atoms with Crippen molar-refractivity contribution in [1.29, 1.82) is 0 Å². The highest BCUT2D eigenvalue weighted by molar-refractivity contribution is 5.99. The molecular formula is C23H29F3N4O3. The number of rotatable bonds is 2. The maximum absolute atomic E-state index is 13.4. The second-order valence-electron chi connectivity index (χ2n) is 9.26. The lowest BCUT2D eigenvalue weighted by Gasteiger charge is -2.25. The third-order valence-corrected chi connectivity index (χ3v) is 6.49. The van der Waals surface area contributed by atoms with Crippen LogP contribution in [0.3, 0.4) is 0 Å². The van der Waals surface area contributed by atoms with E-state index in [0.717, 1.165) is 29.7 Å². The number of aromatic nitrogens is 2. The van der Waals surface area contributed by atoms with Crippen LogP contribution in [0.1, 0.15) is 79.5 Å². The van der Waals surface area contributed by atoms with Gasteiger partial charge in [-0.3, -0.25) is 9.59 Å². The van der Waals surface area contributed by atoms with Crippen LogP contribution in [0.5, 0.6) is 5.75 Å². The molecule has 2 amide bonds. The first-order valence-electron chi connectivity index (χ1n) is 11.5. The van der Waals surface area contributed by atoms with E-state index in [4.69, 9.17) is 0 Å². The van der Waals surface area contributed by atoms with Crippen molar-refractivity contribution in [2.24, 2.45) is 5.92 Å². The lowest BCUT2D eigenvalue weighted by Crippen LogP contribution is -2.50. The van der Waals surface area contributed by atoms with E-state index in [1.807, 2.05) is 0 Å². The predicted octanol–water partition coefficient (Wildman–Crippen LogP) is 4.09. The molecule has 0 bridgehead atoms. The van der Waals surface area contributed by atoms with Crippen LogP contribution in [-0.4, -0.2) is 51.1 Å². The molecule has 5 rings (SSSR count). The van der Waals surface area contributed by atoms with Gasteiger partial charge in [-0.1, -0.05) is 39.0 Å². The topological polar surface area (TPSA) is 86.9 Å². The normalized spacial score (nSPS) is 19.8. The molecule has 0 radical (unpaired) electrons. The van der Waals surface area contributed by atoms with E-state index in [0.29, 0.717) is 10.1 Å². The van der Waals surface area contributed by atoms with Crippen LogP contribution in [0.4, 0.5) is 13.2 Å². The molecule has 0 unspecified atom stereocenters. The maximum atomic E-state index is 13.4. The van der Waals surface area contributed by atoms with E-state index in [9.17, 15) is 27.9 Å². The van der Waals surface area contributed by atoms with Crippen LogP contribution in [-0.2, 0) is 11.0 Å².